The number of rotatable bonds is 11. The molecule has 3 atom stereocenters. The summed E-state index contributed by atoms with van der Waals surface area (Å²) in [6.45, 7) is 5.90. The molecule has 1 saturated carbocycles. The Labute approximate surface area is 270 Å². The largest absolute Gasteiger partial charge is 0.469 e. The van der Waals surface area contributed by atoms with E-state index in [2.05, 4.69) is 21.9 Å². The van der Waals surface area contributed by atoms with Gasteiger partial charge in [0, 0.05) is 57.3 Å². The number of nitrogens with two attached hydrogens (primary N) is 1. The third kappa shape index (κ3) is 6.37. The van der Waals surface area contributed by atoms with Crippen molar-refractivity contribution in [1.29, 1.82) is 5.26 Å². The van der Waals surface area contributed by atoms with E-state index in [-0.39, 0.29) is 36.0 Å². The number of carbonyl (C=O) groups excluding carboxylic acids is 2. The van der Waals surface area contributed by atoms with Gasteiger partial charge >= 0.3 is 5.97 Å². The molecular formula is C36H45F2N5O3. The minimum Gasteiger partial charge on any atom is -0.469 e. The number of hydrogen-bond acceptors (Lipinski definition) is 7. The van der Waals surface area contributed by atoms with Crippen molar-refractivity contribution in [2.24, 2.45) is 29.4 Å². The highest BCUT2D eigenvalue weighted by atomic mass is 19.1. The third-order valence-corrected chi connectivity index (χ3v) is 11.2. The summed E-state index contributed by atoms with van der Waals surface area (Å²) in [5, 5.41) is 9.57. The Kier molecular flexibility index (Phi) is 9.62. The number of esters is 1. The van der Waals surface area contributed by atoms with Crippen molar-refractivity contribution in [3.05, 3.63) is 65.0 Å². The zero-order chi connectivity index (χ0) is 32.4. The molecular weight excluding hydrogens is 588 g/mol. The van der Waals surface area contributed by atoms with Gasteiger partial charge in [-0.1, -0.05) is 18.6 Å². The number of amides is 1. The molecule has 3 aliphatic heterocycles. The van der Waals surface area contributed by atoms with Crippen LogP contribution in [0.4, 0.5) is 14.5 Å². The number of benzene rings is 2. The van der Waals surface area contributed by atoms with Crippen LogP contribution < -0.4 is 10.6 Å². The van der Waals surface area contributed by atoms with Crippen molar-refractivity contribution in [2.45, 2.75) is 56.7 Å². The Balaban J connectivity index is 1.11. The summed E-state index contributed by atoms with van der Waals surface area (Å²) in [6.07, 6.45) is 3.49. The van der Waals surface area contributed by atoms with Crippen molar-refractivity contribution in [2.75, 3.05) is 57.8 Å². The van der Waals surface area contributed by atoms with Crippen molar-refractivity contribution in [1.82, 2.24) is 9.80 Å². The second kappa shape index (κ2) is 13.7. The predicted molar refractivity (Wildman–Crippen MR) is 171 cm³/mol. The van der Waals surface area contributed by atoms with E-state index in [4.69, 9.17) is 10.5 Å². The zero-order valence-electron chi connectivity index (χ0n) is 26.7. The van der Waals surface area contributed by atoms with E-state index >= 15 is 0 Å². The van der Waals surface area contributed by atoms with E-state index < -0.39 is 17.5 Å². The van der Waals surface area contributed by atoms with Gasteiger partial charge in [-0.3, -0.25) is 14.5 Å². The molecule has 2 aromatic rings. The number of likely N-dealkylation sites (tertiary alicyclic amines) is 2. The fraction of sp³-hybridized carbons (Fsp3) is 0.583. The molecule has 3 saturated heterocycles. The highest BCUT2D eigenvalue weighted by molar-refractivity contribution is 5.88. The molecule has 46 heavy (non-hydrogen) atoms. The minimum atomic E-state index is -1.05. The van der Waals surface area contributed by atoms with Gasteiger partial charge in [-0.05, 0) is 98.0 Å². The fourth-order valence-electron chi connectivity index (χ4n) is 8.93. The van der Waals surface area contributed by atoms with Gasteiger partial charge in [-0.15, -0.1) is 0 Å². The third-order valence-electron chi connectivity index (χ3n) is 11.2. The number of ether oxygens (including phenoxy) is 1. The van der Waals surface area contributed by atoms with Gasteiger partial charge < -0.3 is 20.3 Å². The number of nitrogens with zero attached hydrogens (tertiary/aromatic N) is 4. The maximum atomic E-state index is 14.7. The van der Waals surface area contributed by atoms with Crippen LogP contribution in [-0.4, -0.2) is 80.8 Å². The predicted octanol–water partition coefficient (Wildman–Crippen LogP) is 4.40. The number of anilines is 1. The molecule has 2 aromatic carbocycles. The van der Waals surface area contributed by atoms with Crippen molar-refractivity contribution in [3.8, 4) is 6.07 Å². The van der Waals surface area contributed by atoms with Gasteiger partial charge in [0.1, 0.15) is 12.0 Å². The number of nitriles is 1. The van der Waals surface area contributed by atoms with Gasteiger partial charge in [0.05, 0.1) is 24.2 Å². The fourth-order valence-corrected chi connectivity index (χ4v) is 8.93. The average molecular weight is 634 g/mol. The van der Waals surface area contributed by atoms with Gasteiger partial charge in [-0.2, -0.15) is 5.26 Å². The summed E-state index contributed by atoms with van der Waals surface area (Å²) in [4.78, 5) is 32.9. The molecule has 3 heterocycles. The molecule has 6 rings (SSSR count). The smallest absolute Gasteiger partial charge is 0.305 e. The Morgan fingerprint density at radius 3 is 2.46 bits per heavy atom. The van der Waals surface area contributed by atoms with E-state index in [1.54, 1.807) is 6.07 Å². The van der Waals surface area contributed by atoms with Crippen molar-refractivity contribution in [3.63, 3.8) is 0 Å². The van der Waals surface area contributed by atoms with Crippen LogP contribution >= 0.6 is 0 Å². The number of methoxy groups -OCH3 is 1. The summed E-state index contributed by atoms with van der Waals surface area (Å²) in [5.74, 6) is -0.852. The molecule has 8 nitrogen and oxygen atoms in total. The molecule has 4 fully saturated rings. The molecule has 1 aliphatic carbocycles. The van der Waals surface area contributed by atoms with Gasteiger partial charge in [0.2, 0.25) is 5.91 Å². The summed E-state index contributed by atoms with van der Waals surface area (Å²) in [5.41, 5.74) is 8.62. The molecule has 0 aromatic heterocycles. The Bertz CT molecular complexity index is 1460. The van der Waals surface area contributed by atoms with Crippen LogP contribution in [0, 0.1) is 40.8 Å². The lowest BCUT2D eigenvalue weighted by Crippen LogP contribution is -2.57. The highest BCUT2D eigenvalue weighted by Gasteiger charge is 2.55. The SMILES string of the molecule is COC(=O)C[C@H]1CCC[C@@H]1[C@](C(N)=O)(c1cccc(F)c1)C1CCN(CC2CN(c3ccc(C#N)c(CN4CC(F)C4)c3)C2)CC1. The van der Waals surface area contributed by atoms with Crippen LogP contribution in [-0.2, 0) is 26.3 Å². The highest BCUT2D eigenvalue weighted by Crippen LogP contribution is 2.53. The quantitative estimate of drug-likeness (QED) is 0.366. The number of halogens is 2. The van der Waals surface area contributed by atoms with E-state index in [0.29, 0.717) is 36.7 Å². The summed E-state index contributed by atoms with van der Waals surface area (Å²) in [7, 11) is 1.39. The number of hydrogen-bond donors (Lipinski definition) is 1. The molecule has 0 spiro atoms. The topological polar surface area (TPSA) is 103 Å². The second-order valence-electron chi connectivity index (χ2n) is 13.9. The second-order valence-corrected chi connectivity index (χ2v) is 13.9. The maximum Gasteiger partial charge on any atom is 0.305 e. The standard InChI is InChI=1S/C36H45F2N5O3/c1-46-34(44)15-25-4-2-7-33(25)36(35(40)45,29-5-3-6-30(37)16-29)28-10-12-41(13-11-28)18-24-19-43(20-24)32-9-8-26(17-39)27(14-32)21-42-22-31(38)23-42/h3,5-6,8-9,14,16,24-25,28,31,33H,2,4,7,10-13,15,18-23H2,1H3,(H2,40,45)/t25-,33+,36-/m1/s1. The normalized spacial score (nSPS) is 24.5. The first-order chi connectivity index (χ1) is 22.2. The molecule has 4 aliphatic rings. The van der Waals surface area contributed by atoms with Gasteiger partial charge in [0.25, 0.3) is 0 Å². The Hall–Kier alpha value is -3.55. The Morgan fingerprint density at radius 2 is 1.80 bits per heavy atom. The minimum absolute atomic E-state index is 0.0449. The van der Waals surface area contributed by atoms with Crippen molar-refractivity contribution >= 4 is 17.6 Å². The number of piperidine rings is 1. The van der Waals surface area contributed by atoms with E-state index in [0.717, 1.165) is 76.1 Å². The average Bonchev–Trinajstić information content (AvgIpc) is 3.46. The lowest BCUT2D eigenvalue weighted by Gasteiger charge is -2.49. The monoisotopic (exact) mass is 633 g/mol. The lowest BCUT2D eigenvalue weighted by molar-refractivity contribution is -0.143. The number of carbonyl (C=O) groups is 2. The first-order valence-corrected chi connectivity index (χ1v) is 16.7. The molecule has 0 radical (unpaired) electrons. The van der Waals surface area contributed by atoms with Crippen LogP contribution in [0.25, 0.3) is 0 Å². The van der Waals surface area contributed by atoms with Crippen LogP contribution in [0.1, 0.15) is 55.2 Å². The molecule has 1 amide bonds. The van der Waals surface area contributed by atoms with Crippen molar-refractivity contribution < 1.29 is 23.1 Å². The van der Waals surface area contributed by atoms with Crippen LogP contribution in [0.5, 0.6) is 0 Å². The van der Waals surface area contributed by atoms with E-state index in [9.17, 15) is 23.6 Å². The van der Waals surface area contributed by atoms with E-state index in [1.165, 1.54) is 19.2 Å². The van der Waals surface area contributed by atoms with Crippen LogP contribution in [0.2, 0.25) is 0 Å². The van der Waals surface area contributed by atoms with Crippen LogP contribution in [0.3, 0.4) is 0 Å². The first-order valence-electron chi connectivity index (χ1n) is 16.7. The summed E-state index contributed by atoms with van der Waals surface area (Å²) < 4.78 is 33.0. The number of primary amides is 1. The molecule has 0 unspecified atom stereocenters. The molecule has 10 heteroatoms. The summed E-state index contributed by atoms with van der Waals surface area (Å²) >= 11 is 0. The lowest BCUT2D eigenvalue weighted by atomic mass is 9.56. The summed E-state index contributed by atoms with van der Waals surface area (Å²) in [6, 6.07) is 14.6. The Morgan fingerprint density at radius 1 is 1.04 bits per heavy atom. The van der Waals surface area contributed by atoms with Gasteiger partial charge in [0.15, 0.2) is 0 Å². The van der Waals surface area contributed by atoms with E-state index in [1.807, 2.05) is 23.1 Å². The van der Waals surface area contributed by atoms with Gasteiger partial charge in [-0.25, -0.2) is 8.78 Å². The molecule has 2 N–H and O–H groups in total. The zero-order valence-corrected chi connectivity index (χ0v) is 26.7. The maximum absolute atomic E-state index is 14.7. The molecule has 0 bridgehead atoms. The first kappa shape index (κ1) is 32.4. The number of alkyl halides is 1. The molecule has 246 valence electrons. The van der Waals surface area contributed by atoms with Crippen LogP contribution in [0.15, 0.2) is 42.5 Å².